The summed E-state index contributed by atoms with van der Waals surface area (Å²) in [5.74, 6) is -0.807. The molecule has 1 N–H and O–H groups in total. The summed E-state index contributed by atoms with van der Waals surface area (Å²) in [6, 6.07) is 10.4. The van der Waals surface area contributed by atoms with Gasteiger partial charge in [-0.2, -0.15) is 0 Å². The molecule has 3 rings (SSSR count). The molecule has 0 radical (unpaired) electrons. The molecule has 0 bridgehead atoms. The topological polar surface area (TPSA) is 114 Å². The van der Waals surface area contributed by atoms with Gasteiger partial charge in [0.2, 0.25) is 5.91 Å². The number of nitrogens with one attached hydrogen (secondary N) is 1. The summed E-state index contributed by atoms with van der Waals surface area (Å²) in [6.45, 7) is 2.17. The quantitative estimate of drug-likeness (QED) is 0.309. The lowest BCUT2D eigenvalue weighted by molar-refractivity contribution is -0.121. The van der Waals surface area contributed by atoms with Gasteiger partial charge in [-0.25, -0.2) is 10.2 Å². The Labute approximate surface area is 172 Å². The number of rotatable bonds is 8. The first-order chi connectivity index (χ1) is 14.5. The van der Waals surface area contributed by atoms with Crippen LogP contribution >= 0.6 is 0 Å². The number of carbonyl (C=O) groups excluding carboxylic acids is 4. The Morgan fingerprint density at radius 1 is 1.13 bits per heavy atom. The normalized spacial score (nSPS) is 13.3. The molecule has 0 aromatic heterocycles. The highest BCUT2D eigenvalue weighted by molar-refractivity contribution is 6.21. The number of nitrogens with zero attached hydrogens (tertiary/aromatic N) is 2. The number of ether oxygens (including phenoxy) is 2. The van der Waals surface area contributed by atoms with Crippen molar-refractivity contribution in [2.45, 2.75) is 19.4 Å². The maximum absolute atomic E-state index is 13.0. The van der Waals surface area contributed by atoms with Crippen LogP contribution in [0.4, 0.5) is 0 Å². The zero-order chi connectivity index (χ0) is 21.7. The molecule has 9 nitrogen and oxygen atoms in total. The number of hydrogen-bond acceptors (Lipinski definition) is 7. The number of benzene rings is 2. The first-order valence-electron chi connectivity index (χ1n) is 9.15. The van der Waals surface area contributed by atoms with Gasteiger partial charge in [0.1, 0.15) is 0 Å². The highest BCUT2D eigenvalue weighted by Crippen LogP contribution is 2.37. The third-order valence-corrected chi connectivity index (χ3v) is 4.61. The molecule has 1 aliphatic heterocycles. The molecular weight excluding hydrogens is 390 g/mol. The fourth-order valence-corrected chi connectivity index (χ4v) is 3.32. The van der Waals surface area contributed by atoms with Gasteiger partial charge in [0, 0.05) is 0 Å². The Morgan fingerprint density at radius 3 is 2.37 bits per heavy atom. The summed E-state index contributed by atoms with van der Waals surface area (Å²) >= 11 is 0. The summed E-state index contributed by atoms with van der Waals surface area (Å²) in [5.41, 5.74) is 3.03. The van der Waals surface area contributed by atoms with Crippen LogP contribution in [0.15, 0.2) is 47.6 Å². The minimum atomic E-state index is -0.954. The monoisotopic (exact) mass is 409 g/mol. The largest absolute Gasteiger partial charge is 0.493 e. The Morgan fingerprint density at radius 2 is 1.80 bits per heavy atom. The number of hydrogen-bond donors (Lipinski definition) is 1. The van der Waals surface area contributed by atoms with Gasteiger partial charge in [0.15, 0.2) is 11.5 Å². The number of fused-ring (bicyclic) bond motifs is 1. The summed E-state index contributed by atoms with van der Waals surface area (Å²) in [4.78, 5) is 49.6. The van der Waals surface area contributed by atoms with Crippen LogP contribution in [0.3, 0.4) is 0 Å². The van der Waals surface area contributed by atoms with Gasteiger partial charge in [-0.3, -0.25) is 19.3 Å². The predicted molar refractivity (Wildman–Crippen MR) is 105 cm³/mol. The van der Waals surface area contributed by atoms with Crippen LogP contribution in [-0.4, -0.2) is 42.4 Å². The first kappa shape index (κ1) is 20.8. The lowest BCUT2D eigenvalue weighted by atomic mass is 10.0. The summed E-state index contributed by atoms with van der Waals surface area (Å²) in [5, 5.41) is 3.06. The molecule has 2 aromatic rings. The maximum atomic E-state index is 13.0. The second-order valence-corrected chi connectivity index (χ2v) is 6.33. The van der Waals surface area contributed by atoms with Gasteiger partial charge >= 0.3 is 0 Å². The molecule has 9 heteroatoms. The van der Waals surface area contributed by atoms with Crippen molar-refractivity contribution in [2.24, 2.45) is 5.10 Å². The van der Waals surface area contributed by atoms with Gasteiger partial charge < -0.3 is 9.47 Å². The lowest BCUT2D eigenvalue weighted by Gasteiger charge is -2.26. The van der Waals surface area contributed by atoms with Crippen molar-refractivity contribution in [3.8, 4) is 11.5 Å². The molecule has 1 unspecified atom stereocenters. The second kappa shape index (κ2) is 9.02. The van der Waals surface area contributed by atoms with Crippen LogP contribution in [0.25, 0.3) is 0 Å². The number of hydrazone groups is 1. The van der Waals surface area contributed by atoms with E-state index in [1.165, 1.54) is 13.2 Å². The SMILES string of the molecule is CCOc1cc(C(CC(=O)NN=C=O)N2C(=O)c3ccccc3C2=O)ccc1OC. The van der Waals surface area contributed by atoms with E-state index in [9.17, 15) is 19.2 Å². The molecule has 0 spiro atoms. The highest BCUT2D eigenvalue weighted by Gasteiger charge is 2.41. The standard InChI is InChI=1S/C21H19N3O6/c1-3-30-18-10-13(8-9-17(18)29-2)16(11-19(26)23-22-12-25)24-20(27)14-6-4-5-7-15(14)21(24)28/h4-10,16H,3,11H2,1-2H3,(H,23,26). The van der Waals surface area contributed by atoms with Gasteiger partial charge in [0.25, 0.3) is 17.9 Å². The molecule has 0 saturated carbocycles. The fraction of sp³-hybridized carbons (Fsp3) is 0.238. The van der Waals surface area contributed by atoms with Crippen LogP contribution in [0.2, 0.25) is 0 Å². The van der Waals surface area contributed by atoms with E-state index in [0.717, 1.165) is 4.90 Å². The Kier molecular flexibility index (Phi) is 6.24. The smallest absolute Gasteiger partial charge is 0.262 e. The van der Waals surface area contributed by atoms with E-state index < -0.39 is 23.8 Å². The van der Waals surface area contributed by atoms with Crippen molar-refractivity contribution in [2.75, 3.05) is 13.7 Å². The van der Waals surface area contributed by atoms with E-state index in [0.29, 0.717) is 23.7 Å². The molecule has 0 saturated heterocycles. The molecule has 30 heavy (non-hydrogen) atoms. The Hall–Kier alpha value is -3.97. The zero-order valence-corrected chi connectivity index (χ0v) is 16.4. The van der Waals surface area contributed by atoms with Gasteiger partial charge in [-0.15, -0.1) is 0 Å². The average molecular weight is 409 g/mol. The van der Waals surface area contributed by atoms with E-state index in [4.69, 9.17) is 9.47 Å². The zero-order valence-electron chi connectivity index (χ0n) is 16.4. The third-order valence-electron chi connectivity index (χ3n) is 4.61. The van der Waals surface area contributed by atoms with Gasteiger partial charge in [-0.05, 0) is 36.8 Å². The van der Waals surface area contributed by atoms with Crippen LogP contribution in [0.5, 0.6) is 11.5 Å². The third kappa shape index (κ3) is 3.92. The molecule has 1 heterocycles. The molecule has 154 valence electrons. The van der Waals surface area contributed by atoms with Crippen molar-refractivity contribution in [3.05, 3.63) is 59.2 Å². The summed E-state index contributed by atoms with van der Waals surface area (Å²) < 4.78 is 10.9. The molecule has 0 fully saturated rings. The van der Waals surface area contributed by atoms with E-state index >= 15 is 0 Å². The Bertz CT molecular complexity index is 1010. The second-order valence-electron chi connectivity index (χ2n) is 6.33. The average Bonchev–Trinajstić information content (AvgIpc) is 3.01. The molecule has 0 aliphatic carbocycles. The summed E-state index contributed by atoms with van der Waals surface area (Å²) in [7, 11) is 1.49. The van der Waals surface area contributed by atoms with E-state index in [1.807, 2.05) is 5.43 Å². The fourth-order valence-electron chi connectivity index (χ4n) is 3.32. The number of isocyanates is 1. The Balaban J connectivity index is 2.05. The molecule has 1 atom stereocenters. The minimum absolute atomic E-state index is 0.261. The first-order valence-corrected chi connectivity index (χ1v) is 9.15. The van der Waals surface area contributed by atoms with E-state index in [-0.39, 0.29) is 17.5 Å². The minimum Gasteiger partial charge on any atom is -0.493 e. The van der Waals surface area contributed by atoms with Gasteiger partial charge in [-0.1, -0.05) is 23.3 Å². The van der Waals surface area contributed by atoms with Gasteiger partial charge in [0.05, 0.1) is 37.3 Å². The number of methoxy groups -OCH3 is 1. The van der Waals surface area contributed by atoms with Crippen molar-refractivity contribution in [1.82, 2.24) is 10.3 Å². The molecule has 1 aliphatic rings. The van der Waals surface area contributed by atoms with Crippen molar-refractivity contribution >= 4 is 23.8 Å². The van der Waals surface area contributed by atoms with Crippen LogP contribution in [-0.2, 0) is 9.59 Å². The molecule has 3 amide bonds. The number of amides is 3. The number of carbonyl (C=O) groups is 3. The van der Waals surface area contributed by atoms with E-state index in [2.05, 4.69) is 5.10 Å². The van der Waals surface area contributed by atoms with Crippen molar-refractivity contribution < 1.29 is 28.7 Å². The maximum Gasteiger partial charge on any atom is 0.262 e. The molecular formula is C21H19N3O6. The van der Waals surface area contributed by atoms with E-state index in [1.54, 1.807) is 49.4 Å². The summed E-state index contributed by atoms with van der Waals surface area (Å²) in [6.07, 6.45) is 0.902. The number of imide groups is 1. The molecule has 2 aromatic carbocycles. The lowest BCUT2D eigenvalue weighted by Crippen LogP contribution is -2.37. The van der Waals surface area contributed by atoms with Crippen LogP contribution in [0, 0.1) is 0 Å². The highest BCUT2D eigenvalue weighted by atomic mass is 16.5. The van der Waals surface area contributed by atoms with Crippen LogP contribution in [0.1, 0.15) is 45.7 Å². The van der Waals surface area contributed by atoms with Crippen molar-refractivity contribution in [1.29, 1.82) is 0 Å². The van der Waals surface area contributed by atoms with Crippen molar-refractivity contribution in [3.63, 3.8) is 0 Å². The van der Waals surface area contributed by atoms with Crippen LogP contribution < -0.4 is 14.9 Å². The predicted octanol–water partition coefficient (Wildman–Crippen LogP) is 2.19.